The van der Waals surface area contributed by atoms with Crippen molar-refractivity contribution >= 4 is 23.7 Å². The Kier molecular flexibility index (Phi) is 8.05. The number of rotatable bonds is 9. The van der Waals surface area contributed by atoms with Crippen LogP contribution in [0.5, 0.6) is 11.5 Å². The van der Waals surface area contributed by atoms with Crippen molar-refractivity contribution in [1.29, 1.82) is 0 Å². The van der Waals surface area contributed by atoms with Crippen LogP contribution in [0.25, 0.3) is 0 Å². The Morgan fingerprint density at radius 3 is 2.56 bits per heavy atom. The van der Waals surface area contributed by atoms with Gasteiger partial charge in [0.25, 0.3) is 11.5 Å². The van der Waals surface area contributed by atoms with Crippen LogP contribution in [0, 0.1) is 0 Å². The van der Waals surface area contributed by atoms with Crippen molar-refractivity contribution in [2.24, 2.45) is 5.10 Å². The van der Waals surface area contributed by atoms with Crippen LogP contribution in [0.2, 0.25) is 5.02 Å². The van der Waals surface area contributed by atoms with Crippen LogP contribution in [0.1, 0.15) is 35.3 Å². The van der Waals surface area contributed by atoms with Crippen LogP contribution in [0.4, 0.5) is 0 Å². The Balaban J connectivity index is 1.72. The van der Waals surface area contributed by atoms with Gasteiger partial charge >= 0.3 is 0 Å². The lowest BCUT2D eigenvalue weighted by molar-refractivity contribution is 0.0953. The molecule has 0 atom stereocenters. The van der Waals surface area contributed by atoms with Gasteiger partial charge in [-0.2, -0.15) is 5.10 Å². The molecular weight excluding hydrogens is 430 g/mol. The maximum absolute atomic E-state index is 12.8. The van der Waals surface area contributed by atoms with Crippen molar-refractivity contribution in [2.75, 3.05) is 13.2 Å². The Labute approximate surface area is 191 Å². The van der Waals surface area contributed by atoms with Crippen molar-refractivity contribution in [3.05, 3.63) is 92.9 Å². The molecule has 1 amide bonds. The smallest absolute Gasteiger partial charge is 0.276 e. The fourth-order valence-electron chi connectivity index (χ4n) is 3.02. The number of hydrazone groups is 1. The molecule has 7 nitrogen and oxygen atoms in total. The summed E-state index contributed by atoms with van der Waals surface area (Å²) >= 11 is 6.18. The average molecular weight is 454 g/mol. The molecule has 0 aliphatic carbocycles. The number of carbonyl (C=O) groups is 1. The SMILES string of the molecule is CCOc1ccc(/C=N\NC(=O)c2cccn(Cc3ccccc3Cl)c2=O)cc1OCC. The molecule has 1 aromatic heterocycles. The van der Waals surface area contributed by atoms with E-state index < -0.39 is 11.5 Å². The predicted octanol–water partition coefficient (Wildman–Crippen LogP) is 4.11. The van der Waals surface area contributed by atoms with Crippen LogP contribution in [-0.4, -0.2) is 29.9 Å². The number of nitrogens with one attached hydrogen (secondary N) is 1. The molecular formula is C24H24ClN3O4. The molecule has 32 heavy (non-hydrogen) atoms. The summed E-state index contributed by atoms with van der Waals surface area (Å²) in [5, 5.41) is 4.53. The van der Waals surface area contributed by atoms with Crippen molar-refractivity contribution in [3.63, 3.8) is 0 Å². The van der Waals surface area contributed by atoms with Gasteiger partial charge in [0.05, 0.1) is 26.0 Å². The predicted molar refractivity (Wildman–Crippen MR) is 125 cm³/mol. The van der Waals surface area contributed by atoms with E-state index in [1.165, 1.54) is 16.8 Å². The first-order valence-corrected chi connectivity index (χ1v) is 10.6. The molecule has 3 aromatic rings. The number of carbonyl (C=O) groups excluding carboxylic acids is 1. The van der Waals surface area contributed by atoms with Crippen molar-refractivity contribution < 1.29 is 14.3 Å². The standard InChI is InChI=1S/C24H24ClN3O4/c1-3-31-21-12-11-17(14-22(21)32-4-2)15-26-27-23(29)19-9-7-13-28(24(19)30)16-18-8-5-6-10-20(18)25/h5-15H,3-4,16H2,1-2H3,(H,27,29)/b26-15-. The van der Waals surface area contributed by atoms with Crippen molar-refractivity contribution in [1.82, 2.24) is 9.99 Å². The lowest BCUT2D eigenvalue weighted by atomic mass is 10.2. The number of nitrogens with zero attached hydrogens (tertiary/aromatic N) is 2. The molecule has 0 spiro atoms. The van der Waals surface area contributed by atoms with Gasteiger partial charge in [-0.25, -0.2) is 5.43 Å². The first-order chi connectivity index (χ1) is 15.5. The molecule has 0 fully saturated rings. The highest BCUT2D eigenvalue weighted by Crippen LogP contribution is 2.28. The molecule has 166 valence electrons. The Hall–Kier alpha value is -3.58. The maximum atomic E-state index is 12.8. The number of hydrogen-bond acceptors (Lipinski definition) is 5. The third-order valence-electron chi connectivity index (χ3n) is 4.51. The van der Waals surface area contributed by atoms with Crippen LogP contribution in [-0.2, 0) is 6.54 Å². The molecule has 1 heterocycles. The summed E-state index contributed by atoms with van der Waals surface area (Å²) in [4.78, 5) is 25.3. The van der Waals surface area contributed by atoms with E-state index in [1.54, 1.807) is 36.5 Å². The highest BCUT2D eigenvalue weighted by Gasteiger charge is 2.12. The first-order valence-electron chi connectivity index (χ1n) is 10.2. The number of hydrogen-bond donors (Lipinski definition) is 1. The zero-order valence-electron chi connectivity index (χ0n) is 17.9. The zero-order valence-corrected chi connectivity index (χ0v) is 18.6. The molecule has 2 aromatic carbocycles. The second kappa shape index (κ2) is 11.2. The van der Waals surface area contributed by atoms with Gasteiger partial charge < -0.3 is 14.0 Å². The number of benzene rings is 2. The quantitative estimate of drug-likeness (QED) is 0.390. The minimum Gasteiger partial charge on any atom is -0.490 e. The van der Waals surface area contributed by atoms with Gasteiger partial charge in [0.15, 0.2) is 11.5 Å². The number of aromatic nitrogens is 1. The summed E-state index contributed by atoms with van der Waals surface area (Å²) < 4.78 is 12.6. The fourth-order valence-corrected chi connectivity index (χ4v) is 3.21. The maximum Gasteiger partial charge on any atom is 0.276 e. The van der Waals surface area contributed by atoms with Gasteiger partial charge in [-0.1, -0.05) is 29.8 Å². The lowest BCUT2D eigenvalue weighted by Gasteiger charge is -2.11. The summed E-state index contributed by atoms with van der Waals surface area (Å²) in [6.45, 7) is 5.05. The molecule has 0 saturated heterocycles. The summed E-state index contributed by atoms with van der Waals surface area (Å²) in [6, 6.07) is 15.7. The first kappa shape index (κ1) is 23.1. The summed E-state index contributed by atoms with van der Waals surface area (Å²) in [5.74, 6) is 0.629. The molecule has 0 saturated carbocycles. The Morgan fingerprint density at radius 1 is 1.06 bits per heavy atom. The second-order valence-corrected chi connectivity index (χ2v) is 7.12. The average Bonchev–Trinajstić information content (AvgIpc) is 2.78. The minimum atomic E-state index is -0.601. The molecule has 8 heteroatoms. The lowest BCUT2D eigenvalue weighted by Crippen LogP contribution is -2.31. The Bertz CT molecular complexity index is 1170. The molecule has 0 bridgehead atoms. The fraction of sp³-hybridized carbons (Fsp3) is 0.208. The van der Waals surface area contributed by atoms with E-state index >= 15 is 0 Å². The zero-order chi connectivity index (χ0) is 22.9. The molecule has 0 aliphatic rings. The number of ether oxygens (including phenoxy) is 2. The van der Waals surface area contributed by atoms with Crippen LogP contribution >= 0.6 is 11.6 Å². The highest BCUT2D eigenvalue weighted by molar-refractivity contribution is 6.31. The number of amides is 1. The normalized spacial score (nSPS) is 10.8. The van der Waals surface area contributed by atoms with E-state index in [0.29, 0.717) is 35.3 Å². The van der Waals surface area contributed by atoms with Crippen LogP contribution in [0.3, 0.4) is 0 Å². The number of pyridine rings is 1. The molecule has 3 rings (SSSR count). The van der Waals surface area contributed by atoms with E-state index in [1.807, 2.05) is 32.0 Å². The number of halogens is 1. The van der Waals surface area contributed by atoms with Gasteiger partial charge in [0.1, 0.15) is 5.56 Å². The third kappa shape index (κ3) is 5.76. The highest BCUT2D eigenvalue weighted by atomic mass is 35.5. The largest absolute Gasteiger partial charge is 0.490 e. The topological polar surface area (TPSA) is 81.9 Å². The molecule has 0 radical (unpaired) electrons. The van der Waals surface area contributed by atoms with Crippen LogP contribution < -0.4 is 20.5 Å². The van der Waals surface area contributed by atoms with E-state index in [-0.39, 0.29) is 12.1 Å². The monoisotopic (exact) mass is 453 g/mol. The van der Waals surface area contributed by atoms with E-state index in [0.717, 1.165) is 5.56 Å². The van der Waals surface area contributed by atoms with Gasteiger partial charge in [-0.3, -0.25) is 9.59 Å². The van der Waals surface area contributed by atoms with E-state index in [4.69, 9.17) is 21.1 Å². The third-order valence-corrected chi connectivity index (χ3v) is 4.88. The summed E-state index contributed by atoms with van der Waals surface area (Å²) in [5.41, 5.74) is 3.45. The Morgan fingerprint density at radius 2 is 1.81 bits per heavy atom. The molecule has 0 unspecified atom stereocenters. The van der Waals surface area contributed by atoms with E-state index in [2.05, 4.69) is 10.5 Å². The molecule has 0 aliphatic heterocycles. The van der Waals surface area contributed by atoms with Gasteiger partial charge in [-0.15, -0.1) is 0 Å². The van der Waals surface area contributed by atoms with Gasteiger partial charge in [0.2, 0.25) is 0 Å². The van der Waals surface area contributed by atoms with Crippen molar-refractivity contribution in [3.8, 4) is 11.5 Å². The molecule has 1 N–H and O–H groups in total. The minimum absolute atomic E-state index is 0.0154. The van der Waals surface area contributed by atoms with Crippen molar-refractivity contribution in [2.45, 2.75) is 20.4 Å². The van der Waals surface area contributed by atoms with Crippen LogP contribution in [0.15, 0.2) is 70.7 Å². The van der Waals surface area contributed by atoms with Gasteiger partial charge in [-0.05, 0) is 61.4 Å². The second-order valence-electron chi connectivity index (χ2n) is 6.72. The van der Waals surface area contributed by atoms with Gasteiger partial charge in [0, 0.05) is 11.2 Å². The van der Waals surface area contributed by atoms with E-state index in [9.17, 15) is 9.59 Å². The summed E-state index contributed by atoms with van der Waals surface area (Å²) in [6.07, 6.45) is 3.09. The summed E-state index contributed by atoms with van der Waals surface area (Å²) in [7, 11) is 0.